The monoisotopic (exact) mass is 422 g/mol. The van der Waals surface area contributed by atoms with E-state index in [0.29, 0.717) is 10.8 Å². The minimum absolute atomic E-state index is 0.0952. The summed E-state index contributed by atoms with van der Waals surface area (Å²) in [6, 6.07) is 17.5. The Labute approximate surface area is 181 Å². The van der Waals surface area contributed by atoms with Crippen molar-refractivity contribution in [3.63, 3.8) is 0 Å². The molecule has 3 rings (SSSR count). The van der Waals surface area contributed by atoms with Gasteiger partial charge in [0.15, 0.2) is 5.11 Å². The first-order valence-electron chi connectivity index (χ1n) is 9.67. The summed E-state index contributed by atoms with van der Waals surface area (Å²) < 4.78 is 3.50. The number of para-hydroxylation sites is 1. The predicted molar refractivity (Wildman–Crippen MR) is 127 cm³/mol. The number of anilines is 2. The van der Waals surface area contributed by atoms with Gasteiger partial charge in [0.05, 0.1) is 17.6 Å². The number of hydrogen-bond donors (Lipinski definition) is 3. The third-order valence-corrected chi connectivity index (χ3v) is 4.74. The van der Waals surface area contributed by atoms with Gasteiger partial charge in [0.1, 0.15) is 5.69 Å². The van der Waals surface area contributed by atoms with Crippen molar-refractivity contribution in [2.24, 2.45) is 12.1 Å². The van der Waals surface area contributed by atoms with E-state index in [1.807, 2.05) is 87.1 Å². The van der Waals surface area contributed by atoms with Crippen LogP contribution in [0.5, 0.6) is 0 Å². The molecular formula is C22H26N6OS. The predicted octanol–water partition coefficient (Wildman–Crippen LogP) is 3.43. The summed E-state index contributed by atoms with van der Waals surface area (Å²) in [6.45, 7) is 5.93. The Balaban J connectivity index is 1.73. The van der Waals surface area contributed by atoms with Gasteiger partial charge < -0.3 is 10.6 Å². The number of benzene rings is 2. The zero-order chi connectivity index (χ0) is 21.7. The van der Waals surface area contributed by atoms with Crippen LogP contribution in [0.4, 0.5) is 11.4 Å². The first kappa shape index (κ1) is 21.3. The van der Waals surface area contributed by atoms with Crippen LogP contribution < -0.4 is 21.6 Å². The van der Waals surface area contributed by atoms with Gasteiger partial charge in [-0.25, -0.2) is 4.68 Å². The molecule has 1 aromatic heterocycles. The maximum absolute atomic E-state index is 13.0. The third-order valence-electron chi connectivity index (χ3n) is 4.53. The first-order valence-corrected chi connectivity index (χ1v) is 10.1. The average Bonchev–Trinajstić information content (AvgIpc) is 2.92. The lowest BCUT2D eigenvalue weighted by Crippen LogP contribution is -2.36. The molecule has 1 heterocycles. The summed E-state index contributed by atoms with van der Waals surface area (Å²) >= 11 is 5.13. The van der Waals surface area contributed by atoms with Gasteiger partial charge in [0, 0.05) is 18.8 Å². The van der Waals surface area contributed by atoms with Gasteiger partial charge in [-0.1, -0.05) is 30.3 Å². The Morgan fingerprint density at radius 2 is 1.77 bits per heavy atom. The van der Waals surface area contributed by atoms with Gasteiger partial charge in [0.25, 0.3) is 5.56 Å². The second kappa shape index (κ2) is 9.41. The molecule has 0 radical (unpaired) electrons. The highest BCUT2D eigenvalue weighted by Gasteiger charge is 2.16. The van der Waals surface area contributed by atoms with Crippen LogP contribution in [0, 0.1) is 6.92 Å². The molecule has 0 saturated heterocycles. The van der Waals surface area contributed by atoms with Crippen LogP contribution in [0.15, 0.2) is 64.5 Å². The summed E-state index contributed by atoms with van der Waals surface area (Å²) in [7, 11) is 1.88. The maximum atomic E-state index is 13.0. The molecule has 3 aromatic rings. The molecule has 8 heteroatoms. The highest BCUT2D eigenvalue weighted by atomic mass is 32.1. The van der Waals surface area contributed by atoms with Gasteiger partial charge in [-0.05, 0) is 62.8 Å². The topological polar surface area (TPSA) is 75.4 Å². The van der Waals surface area contributed by atoms with Crippen LogP contribution in [0.25, 0.3) is 5.69 Å². The van der Waals surface area contributed by atoms with Crippen molar-refractivity contribution in [2.45, 2.75) is 26.8 Å². The summed E-state index contributed by atoms with van der Waals surface area (Å²) in [4.78, 5) is 13.0. The van der Waals surface area contributed by atoms with Crippen molar-refractivity contribution in [2.75, 3.05) is 5.32 Å². The number of thiocarbonyl (C=S) groups is 1. The van der Waals surface area contributed by atoms with Crippen LogP contribution in [-0.2, 0) is 7.05 Å². The molecule has 0 atom stereocenters. The molecule has 156 valence electrons. The molecule has 0 fully saturated rings. The molecule has 0 amide bonds. The van der Waals surface area contributed by atoms with E-state index in [1.54, 1.807) is 10.9 Å². The fraction of sp³-hybridized carbons (Fsp3) is 0.227. The zero-order valence-electron chi connectivity index (χ0n) is 17.5. The first-order chi connectivity index (χ1) is 14.4. The summed E-state index contributed by atoms with van der Waals surface area (Å²) in [5, 5.41) is 10.9. The number of nitrogens with one attached hydrogen (secondary N) is 3. The van der Waals surface area contributed by atoms with E-state index in [9.17, 15) is 4.79 Å². The van der Waals surface area contributed by atoms with Gasteiger partial charge in [-0.15, -0.1) is 0 Å². The number of aromatic nitrogens is 2. The van der Waals surface area contributed by atoms with Gasteiger partial charge in [0.2, 0.25) is 0 Å². The minimum Gasteiger partial charge on any atom is -0.359 e. The third kappa shape index (κ3) is 4.96. The largest absolute Gasteiger partial charge is 0.359 e. The zero-order valence-corrected chi connectivity index (χ0v) is 18.3. The molecule has 7 nitrogen and oxygen atoms in total. The van der Waals surface area contributed by atoms with Crippen molar-refractivity contribution in [3.8, 4) is 5.69 Å². The standard InChI is InChI=1S/C22H26N6OS/c1-15(2)24-22(30)26-23-14-17-10-12-18(13-11-17)25-20-16(3)27(4)28(21(20)29)19-8-6-5-7-9-19/h5-15,25H,1-4H3,(H2,24,26,30)/b23-14-. The van der Waals surface area contributed by atoms with E-state index in [4.69, 9.17) is 12.2 Å². The highest BCUT2D eigenvalue weighted by Crippen LogP contribution is 2.19. The second-order valence-electron chi connectivity index (χ2n) is 7.18. The molecule has 2 aromatic carbocycles. The van der Waals surface area contributed by atoms with E-state index >= 15 is 0 Å². The Kier molecular flexibility index (Phi) is 6.68. The Morgan fingerprint density at radius 3 is 2.40 bits per heavy atom. The minimum atomic E-state index is -0.0952. The highest BCUT2D eigenvalue weighted by molar-refractivity contribution is 7.80. The number of nitrogens with zero attached hydrogens (tertiary/aromatic N) is 3. The molecule has 0 spiro atoms. The van der Waals surface area contributed by atoms with Gasteiger partial charge in [-0.2, -0.15) is 5.10 Å². The molecular weight excluding hydrogens is 396 g/mol. The molecule has 0 aliphatic heterocycles. The number of rotatable bonds is 6. The molecule has 0 aliphatic rings. The van der Waals surface area contributed by atoms with Crippen LogP contribution in [-0.4, -0.2) is 26.7 Å². The van der Waals surface area contributed by atoms with Crippen LogP contribution in [0.3, 0.4) is 0 Å². The molecule has 0 bridgehead atoms. The molecule has 0 saturated carbocycles. The molecule has 3 N–H and O–H groups in total. The number of hydrogen-bond acceptors (Lipinski definition) is 4. The van der Waals surface area contributed by atoms with E-state index < -0.39 is 0 Å². The van der Waals surface area contributed by atoms with E-state index in [2.05, 4.69) is 21.2 Å². The summed E-state index contributed by atoms with van der Waals surface area (Å²) in [5.41, 5.74) is 6.65. The van der Waals surface area contributed by atoms with Crippen LogP contribution >= 0.6 is 12.2 Å². The summed E-state index contributed by atoms with van der Waals surface area (Å²) in [5.74, 6) is 0. The Hall–Kier alpha value is -3.39. The van der Waals surface area contributed by atoms with Crippen molar-refractivity contribution in [3.05, 3.63) is 76.2 Å². The molecule has 30 heavy (non-hydrogen) atoms. The lowest BCUT2D eigenvalue weighted by Gasteiger charge is -2.09. The van der Waals surface area contributed by atoms with Crippen molar-refractivity contribution < 1.29 is 0 Å². The van der Waals surface area contributed by atoms with Crippen LogP contribution in [0.2, 0.25) is 0 Å². The van der Waals surface area contributed by atoms with Crippen molar-refractivity contribution >= 4 is 34.9 Å². The van der Waals surface area contributed by atoms with Gasteiger partial charge >= 0.3 is 0 Å². The summed E-state index contributed by atoms with van der Waals surface area (Å²) in [6.07, 6.45) is 1.69. The SMILES string of the molecule is Cc1c(Nc2ccc(/C=N\NC(=S)NC(C)C)cc2)c(=O)n(-c2ccccc2)n1C. The van der Waals surface area contributed by atoms with Crippen LogP contribution in [0.1, 0.15) is 25.1 Å². The Bertz CT molecular complexity index is 1100. The quantitative estimate of drug-likeness (QED) is 0.322. The van der Waals surface area contributed by atoms with Crippen molar-refractivity contribution in [1.29, 1.82) is 0 Å². The van der Waals surface area contributed by atoms with Gasteiger partial charge in [-0.3, -0.25) is 14.9 Å². The lowest BCUT2D eigenvalue weighted by molar-refractivity contribution is 0.630. The van der Waals surface area contributed by atoms with E-state index in [-0.39, 0.29) is 11.6 Å². The second-order valence-corrected chi connectivity index (χ2v) is 7.59. The number of hydrazone groups is 1. The fourth-order valence-electron chi connectivity index (χ4n) is 2.97. The molecule has 0 unspecified atom stereocenters. The molecule has 0 aliphatic carbocycles. The Morgan fingerprint density at radius 1 is 1.10 bits per heavy atom. The fourth-order valence-corrected chi connectivity index (χ4v) is 3.26. The van der Waals surface area contributed by atoms with E-state index in [0.717, 1.165) is 22.6 Å². The lowest BCUT2D eigenvalue weighted by atomic mass is 10.2. The normalized spacial score (nSPS) is 11.1. The average molecular weight is 423 g/mol. The van der Waals surface area contributed by atoms with E-state index in [1.165, 1.54) is 0 Å². The van der Waals surface area contributed by atoms with Crippen molar-refractivity contribution in [1.82, 2.24) is 20.1 Å². The smallest absolute Gasteiger partial charge is 0.295 e. The maximum Gasteiger partial charge on any atom is 0.295 e.